The third-order valence-corrected chi connectivity index (χ3v) is 7.20. The van der Waals surface area contributed by atoms with E-state index in [1.165, 1.54) is 6.07 Å². The Morgan fingerprint density at radius 2 is 1.93 bits per heavy atom. The summed E-state index contributed by atoms with van der Waals surface area (Å²) >= 11 is 6.48. The van der Waals surface area contributed by atoms with E-state index in [2.05, 4.69) is 5.32 Å². The van der Waals surface area contributed by atoms with Crippen molar-refractivity contribution in [1.82, 2.24) is 0 Å². The summed E-state index contributed by atoms with van der Waals surface area (Å²) in [5, 5.41) is 24.8. The summed E-state index contributed by atoms with van der Waals surface area (Å²) in [6.45, 7) is 0. The summed E-state index contributed by atoms with van der Waals surface area (Å²) in [6.07, 6.45) is 3.42. The molecule has 1 aliphatic heterocycles. The summed E-state index contributed by atoms with van der Waals surface area (Å²) in [6, 6.07) is 9.72. The van der Waals surface area contributed by atoms with E-state index in [9.17, 15) is 20.0 Å². The van der Waals surface area contributed by atoms with Crippen LogP contribution in [0.15, 0.2) is 36.4 Å². The highest BCUT2D eigenvalue weighted by Gasteiger charge is 2.54. The van der Waals surface area contributed by atoms with Crippen LogP contribution in [0.3, 0.4) is 0 Å². The molecule has 28 heavy (non-hydrogen) atoms. The average Bonchev–Trinajstić information content (AvgIpc) is 3.29. The molecule has 2 saturated carbocycles. The number of benzene rings is 2. The van der Waals surface area contributed by atoms with Crippen molar-refractivity contribution in [3.8, 4) is 0 Å². The number of anilines is 1. The third kappa shape index (κ3) is 2.51. The van der Waals surface area contributed by atoms with Gasteiger partial charge in [-0.2, -0.15) is 0 Å². The van der Waals surface area contributed by atoms with Gasteiger partial charge in [0.2, 0.25) is 0 Å². The van der Waals surface area contributed by atoms with Crippen LogP contribution in [-0.2, 0) is 0 Å². The standard InChI is InChI=1S/C21H19ClN2O4/c22-16-5-4-13(24(27)28)9-14(16)20-19-11-2-1-10(7-11)18(19)15-8-12(21(25)26)3-6-17(15)23-20/h3-6,8-11,18-20,23H,1-2,7H2,(H,25,26)/t10-,11-,18-,19+,20-/m0/s1. The molecule has 5 rings (SSSR count). The molecule has 0 radical (unpaired) electrons. The van der Waals surface area contributed by atoms with Gasteiger partial charge in [0.15, 0.2) is 0 Å². The maximum absolute atomic E-state index is 11.5. The van der Waals surface area contributed by atoms with Gasteiger partial charge in [-0.1, -0.05) is 11.6 Å². The number of nitro groups is 1. The Bertz CT molecular complexity index is 1010. The zero-order valence-corrected chi connectivity index (χ0v) is 15.7. The van der Waals surface area contributed by atoms with Crippen molar-refractivity contribution in [2.45, 2.75) is 31.2 Å². The van der Waals surface area contributed by atoms with E-state index >= 15 is 0 Å². The molecule has 2 aromatic rings. The number of carboxylic acids is 1. The number of carbonyl (C=O) groups is 1. The van der Waals surface area contributed by atoms with Gasteiger partial charge < -0.3 is 10.4 Å². The fourth-order valence-corrected chi connectivity index (χ4v) is 6.05. The molecule has 2 bridgehead atoms. The van der Waals surface area contributed by atoms with E-state index in [-0.39, 0.29) is 23.6 Å². The first-order valence-electron chi connectivity index (χ1n) is 9.51. The van der Waals surface area contributed by atoms with Crippen LogP contribution in [0.5, 0.6) is 0 Å². The number of halogens is 1. The minimum Gasteiger partial charge on any atom is -0.478 e. The van der Waals surface area contributed by atoms with Crippen molar-refractivity contribution in [2.75, 3.05) is 5.32 Å². The molecule has 144 valence electrons. The molecule has 0 amide bonds. The van der Waals surface area contributed by atoms with Gasteiger partial charge in [-0.3, -0.25) is 10.1 Å². The fourth-order valence-electron chi connectivity index (χ4n) is 5.81. The number of non-ortho nitro benzene ring substituents is 1. The largest absolute Gasteiger partial charge is 0.478 e. The van der Waals surface area contributed by atoms with E-state index in [4.69, 9.17) is 11.6 Å². The van der Waals surface area contributed by atoms with Crippen LogP contribution in [0.25, 0.3) is 0 Å². The van der Waals surface area contributed by atoms with Gasteiger partial charge in [0, 0.05) is 28.4 Å². The number of carboxylic acid groups (broad SMARTS) is 1. The summed E-state index contributed by atoms with van der Waals surface area (Å²) in [5.41, 5.74) is 3.06. The maximum Gasteiger partial charge on any atom is 0.335 e. The van der Waals surface area contributed by atoms with Crippen molar-refractivity contribution >= 4 is 28.9 Å². The van der Waals surface area contributed by atoms with Gasteiger partial charge in [-0.05, 0) is 72.8 Å². The first-order valence-corrected chi connectivity index (χ1v) is 9.89. The first-order chi connectivity index (χ1) is 13.4. The van der Waals surface area contributed by atoms with Crippen LogP contribution in [0.2, 0.25) is 5.02 Å². The molecule has 0 spiro atoms. The first kappa shape index (κ1) is 17.5. The van der Waals surface area contributed by atoms with Gasteiger partial charge in [0.05, 0.1) is 16.5 Å². The summed E-state index contributed by atoms with van der Waals surface area (Å²) in [4.78, 5) is 22.4. The van der Waals surface area contributed by atoms with Crippen molar-refractivity contribution < 1.29 is 14.8 Å². The lowest BCUT2D eigenvalue weighted by Gasteiger charge is -2.43. The van der Waals surface area contributed by atoms with E-state index in [0.717, 1.165) is 36.1 Å². The van der Waals surface area contributed by atoms with E-state index in [1.54, 1.807) is 24.3 Å². The topological polar surface area (TPSA) is 92.5 Å². The van der Waals surface area contributed by atoms with E-state index in [0.29, 0.717) is 22.4 Å². The molecule has 2 aromatic carbocycles. The lowest BCUT2D eigenvalue weighted by molar-refractivity contribution is -0.384. The number of hydrogen-bond donors (Lipinski definition) is 2. The van der Waals surface area contributed by atoms with Crippen molar-refractivity contribution in [2.24, 2.45) is 17.8 Å². The molecule has 7 heteroatoms. The maximum atomic E-state index is 11.5. The highest BCUT2D eigenvalue weighted by molar-refractivity contribution is 6.31. The Morgan fingerprint density at radius 3 is 2.68 bits per heavy atom. The van der Waals surface area contributed by atoms with Crippen molar-refractivity contribution in [3.05, 3.63) is 68.2 Å². The molecule has 2 N–H and O–H groups in total. The van der Waals surface area contributed by atoms with Gasteiger partial charge >= 0.3 is 5.97 Å². The van der Waals surface area contributed by atoms with Gasteiger partial charge in [-0.15, -0.1) is 0 Å². The molecule has 0 saturated heterocycles. The van der Waals surface area contributed by atoms with Gasteiger partial charge in [-0.25, -0.2) is 4.79 Å². The lowest BCUT2D eigenvalue weighted by Crippen LogP contribution is -2.35. The normalized spacial score (nSPS) is 29.7. The van der Waals surface area contributed by atoms with E-state index in [1.807, 2.05) is 6.07 Å². The Hall–Kier alpha value is -2.60. The summed E-state index contributed by atoms with van der Waals surface area (Å²) in [7, 11) is 0. The summed E-state index contributed by atoms with van der Waals surface area (Å²) in [5.74, 6) is 0.639. The smallest absolute Gasteiger partial charge is 0.335 e. The minimum absolute atomic E-state index is 0.0351. The quantitative estimate of drug-likeness (QED) is 0.544. The second-order valence-electron chi connectivity index (χ2n) is 8.13. The molecule has 0 unspecified atom stereocenters. The molecule has 6 nitrogen and oxygen atoms in total. The second kappa shape index (κ2) is 6.21. The number of nitro benzene ring substituents is 1. The average molecular weight is 399 g/mol. The molecule has 2 fully saturated rings. The number of nitrogens with one attached hydrogen (secondary N) is 1. The number of nitrogens with zero attached hydrogens (tertiary/aromatic N) is 1. The zero-order valence-electron chi connectivity index (χ0n) is 15.0. The van der Waals surface area contributed by atoms with Crippen LogP contribution in [-0.4, -0.2) is 16.0 Å². The highest BCUT2D eigenvalue weighted by Crippen LogP contribution is 2.64. The van der Waals surface area contributed by atoms with Crippen molar-refractivity contribution in [1.29, 1.82) is 0 Å². The van der Waals surface area contributed by atoms with Crippen molar-refractivity contribution in [3.63, 3.8) is 0 Å². The molecule has 1 heterocycles. The van der Waals surface area contributed by atoms with Crippen LogP contribution in [0, 0.1) is 27.9 Å². The SMILES string of the molecule is O=C(O)c1ccc2c(c1)[C@@H]1[C@H]3CC[C@@H](C3)[C@H]1[C@H](c1cc([N+](=O)[O-])ccc1Cl)N2. The number of hydrogen-bond acceptors (Lipinski definition) is 4. The molecule has 0 aromatic heterocycles. The Kier molecular flexibility index (Phi) is 3.88. The molecule has 5 atom stereocenters. The number of fused-ring (bicyclic) bond motifs is 7. The van der Waals surface area contributed by atoms with Crippen LogP contribution in [0.1, 0.15) is 52.7 Å². The third-order valence-electron chi connectivity index (χ3n) is 6.86. The predicted octanol–water partition coefficient (Wildman–Crippen LogP) is 5.24. The monoisotopic (exact) mass is 398 g/mol. The van der Waals surface area contributed by atoms with Crippen LogP contribution in [0.4, 0.5) is 11.4 Å². The minimum atomic E-state index is -0.925. The Balaban J connectivity index is 1.65. The molecular weight excluding hydrogens is 380 g/mol. The Labute approximate surface area is 166 Å². The Morgan fingerprint density at radius 1 is 1.14 bits per heavy atom. The second-order valence-corrected chi connectivity index (χ2v) is 8.54. The van der Waals surface area contributed by atoms with Gasteiger partial charge in [0.1, 0.15) is 0 Å². The number of rotatable bonds is 3. The lowest BCUT2D eigenvalue weighted by atomic mass is 9.68. The molecular formula is C21H19ClN2O4. The van der Waals surface area contributed by atoms with Crippen LogP contribution < -0.4 is 5.32 Å². The molecule has 2 aliphatic carbocycles. The van der Waals surface area contributed by atoms with E-state index < -0.39 is 10.9 Å². The number of aromatic carboxylic acids is 1. The predicted molar refractivity (Wildman–Crippen MR) is 105 cm³/mol. The molecule has 3 aliphatic rings. The summed E-state index contributed by atoms with van der Waals surface area (Å²) < 4.78 is 0. The highest BCUT2D eigenvalue weighted by atomic mass is 35.5. The zero-order chi connectivity index (χ0) is 19.6. The van der Waals surface area contributed by atoms with Gasteiger partial charge in [0.25, 0.3) is 5.69 Å². The fraction of sp³-hybridized carbons (Fsp3) is 0.381. The van der Waals surface area contributed by atoms with Crippen LogP contribution >= 0.6 is 11.6 Å².